The van der Waals surface area contributed by atoms with Crippen molar-refractivity contribution in [2.45, 2.75) is 62.8 Å². The predicted octanol–water partition coefficient (Wildman–Crippen LogP) is 5.52. The molecule has 5 nitrogen and oxygen atoms in total. The van der Waals surface area contributed by atoms with E-state index in [1.807, 2.05) is 19.1 Å². The first-order chi connectivity index (χ1) is 13.8. The molecule has 29 heavy (non-hydrogen) atoms. The van der Waals surface area contributed by atoms with E-state index in [0.717, 1.165) is 30.4 Å². The van der Waals surface area contributed by atoms with Gasteiger partial charge in [0.05, 0.1) is 10.8 Å². The van der Waals surface area contributed by atoms with Crippen molar-refractivity contribution in [2.24, 2.45) is 0 Å². The number of hydrogen-bond acceptors (Lipinski definition) is 3. The molecule has 0 aliphatic heterocycles. The molecule has 0 aliphatic carbocycles. The summed E-state index contributed by atoms with van der Waals surface area (Å²) in [5.41, 5.74) is 1.54. The van der Waals surface area contributed by atoms with E-state index in [4.69, 9.17) is 11.6 Å². The van der Waals surface area contributed by atoms with Crippen LogP contribution in [0.25, 0.3) is 0 Å². The molecule has 0 bridgehead atoms. The van der Waals surface area contributed by atoms with Crippen LogP contribution in [0.4, 0.5) is 0 Å². The van der Waals surface area contributed by atoms with E-state index in [1.165, 1.54) is 12.1 Å². The van der Waals surface area contributed by atoms with Crippen molar-refractivity contribution < 1.29 is 18.3 Å². The summed E-state index contributed by atoms with van der Waals surface area (Å²) in [4.78, 5) is 11.6. The number of hydrogen-bond donors (Lipinski definition) is 2. The molecule has 0 saturated heterocycles. The lowest BCUT2D eigenvalue weighted by atomic mass is 9.93. The average Bonchev–Trinajstić information content (AvgIpc) is 2.68. The second-order valence-electron chi connectivity index (χ2n) is 7.09. The Kier molecular flexibility index (Phi) is 8.68. The monoisotopic (exact) mass is 437 g/mol. The smallest absolute Gasteiger partial charge is 0.310 e. The number of benzene rings is 2. The minimum atomic E-state index is -3.71. The Bertz CT molecular complexity index is 895. The normalized spacial score (nSPS) is 13.8. The van der Waals surface area contributed by atoms with E-state index in [1.54, 1.807) is 24.3 Å². The fraction of sp³-hybridized carbons (Fsp3) is 0.409. The zero-order chi connectivity index (χ0) is 21.4. The van der Waals surface area contributed by atoms with Gasteiger partial charge in [-0.2, -0.15) is 0 Å². The summed E-state index contributed by atoms with van der Waals surface area (Å²) < 4.78 is 28.5. The number of unbranched alkanes of at least 4 members (excludes halogenated alkanes) is 2. The molecule has 0 amide bonds. The Balaban J connectivity index is 2.27. The van der Waals surface area contributed by atoms with Crippen LogP contribution in [-0.2, 0) is 14.8 Å². The number of nitrogens with one attached hydrogen (secondary N) is 1. The summed E-state index contributed by atoms with van der Waals surface area (Å²) in [5.74, 6) is -1.42. The lowest BCUT2D eigenvalue weighted by Gasteiger charge is -2.20. The molecule has 0 spiro atoms. The fourth-order valence-electron chi connectivity index (χ4n) is 3.27. The van der Waals surface area contributed by atoms with Crippen molar-refractivity contribution in [2.75, 3.05) is 0 Å². The fourth-order valence-corrected chi connectivity index (χ4v) is 4.66. The molecule has 0 aromatic heterocycles. The molecule has 0 saturated carbocycles. The second-order valence-corrected chi connectivity index (χ2v) is 9.24. The first-order valence-electron chi connectivity index (χ1n) is 9.89. The number of carbonyl (C=O) groups is 1. The Morgan fingerprint density at radius 3 is 2.10 bits per heavy atom. The van der Waals surface area contributed by atoms with Gasteiger partial charge in [-0.05, 0) is 48.2 Å². The SMILES string of the molecule is CCCCCC(NS(=O)(=O)c1ccc(Cl)cc1)c1ccc(C(CC)C(=O)O)cc1. The number of rotatable bonds is 11. The predicted molar refractivity (Wildman–Crippen MR) is 116 cm³/mol. The van der Waals surface area contributed by atoms with Gasteiger partial charge >= 0.3 is 5.97 Å². The van der Waals surface area contributed by atoms with Crippen LogP contribution in [0.2, 0.25) is 5.02 Å². The summed E-state index contributed by atoms with van der Waals surface area (Å²) in [6.45, 7) is 3.93. The molecule has 0 radical (unpaired) electrons. The zero-order valence-corrected chi connectivity index (χ0v) is 18.3. The van der Waals surface area contributed by atoms with E-state index in [0.29, 0.717) is 17.9 Å². The van der Waals surface area contributed by atoms with Gasteiger partial charge in [-0.25, -0.2) is 13.1 Å². The largest absolute Gasteiger partial charge is 0.481 e. The first-order valence-corrected chi connectivity index (χ1v) is 11.7. The Labute approximate surface area is 178 Å². The van der Waals surface area contributed by atoms with Gasteiger partial charge < -0.3 is 5.11 Å². The molecule has 158 valence electrons. The third kappa shape index (κ3) is 6.56. The molecule has 7 heteroatoms. The van der Waals surface area contributed by atoms with Crippen molar-refractivity contribution in [1.29, 1.82) is 0 Å². The maximum absolute atomic E-state index is 12.8. The van der Waals surface area contributed by atoms with E-state index < -0.39 is 21.9 Å². The van der Waals surface area contributed by atoms with Crippen molar-refractivity contribution in [3.8, 4) is 0 Å². The van der Waals surface area contributed by atoms with Crippen molar-refractivity contribution >= 4 is 27.6 Å². The van der Waals surface area contributed by atoms with Gasteiger partial charge in [0.25, 0.3) is 0 Å². The van der Waals surface area contributed by atoms with Gasteiger partial charge in [0.1, 0.15) is 0 Å². The minimum Gasteiger partial charge on any atom is -0.481 e. The lowest BCUT2D eigenvalue weighted by Crippen LogP contribution is -2.28. The van der Waals surface area contributed by atoms with E-state index in [9.17, 15) is 18.3 Å². The van der Waals surface area contributed by atoms with Gasteiger partial charge in [0, 0.05) is 11.1 Å². The van der Waals surface area contributed by atoms with Crippen LogP contribution in [0.3, 0.4) is 0 Å². The Morgan fingerprint density at radius 1 is 1.00 bits per heavy atom. The van der Waals surface area contributed by atoms with Crippen LogP contribution < -0.4 is 4.72 Å². The van der Waals surface area contributed by atoms with Gasteiger partial charge in [-0.15, -0.1) is 0 Å². The van der Waals surface area contributed by atoms with Crippen LogP contribution in [0.5, 0.6) is 0 Å². The number of aliphatic carboxylic acids is 1. The third-order valence-corrected chi connectivity index (χ3v) is 6.70. The van der Waals surface area contributed by atoms with Crippen molar-refractivity contribution in [1.82, 2.24) is 4.72 Å². The first kappa shape index (κ1) is 23.4. The van der Waals surface area contributed by atoms with Gasteiger partial charge in [0.15, 0.2) is 0 Å². The van der Waals surface area contributed by atoms with Crippen LogP contribution >= 0.6 is 11.6 Å². The molecular weight excluding hydrogens is 410 g/mol. The third-order valence-electron chi connectivity index (χ3n) is 4.97. The minimum absolute atomic E-state index is 0.163. The second kappa shape index (κ2) is 10.8. The van der Waals surface area contributed by atoms with Crippen LogP contribution in [0.1, 0.15) is 69.0 Å². The van der Waals surface area contributed by atoms with Crippen molar-refractivity contribution in [3.63, 3.8) is 0 Å². The molecule has 2 rings (SSSR count). The van der Waals surface area contributed by atoms with E-state index in [2.05, 4.69) is 11.6 Å². The van der Waals surface area contributed by atoms with Crippen molar-refractivity contribution in [3.05, 3.63) is 64.7 Å². The molecule has 0 heterocycles. The number of carboxylic acids is 1. The number of carboxylic acid groups (broad SMARTS) is 1. The standard InChI is InChI=1S/C22H28ClNO4S/c1-3-5-6-7-21(24-29(27,28)19-14-12-18(23)13-15-19)17-10-8-16(9-11-17)20(4-2)22(25)26/h8-15,20-21,24H,3-7H2,1-2H3,(H,25,26). The quantitative estimate of drug-likeness (QED) is 0.453. The maximum Gasteiger partial charge on any atom is 0.310 e. The Morgan fingerprint density at radius 2 is 1.59 bits per heavy atom. The molecular formula is C22H28ClNO4S. The highest BCUT2D eigenvalue weighted by Crippen LogP contribution is 2.26. The highest BCUT2D eigenvalue weighted by atomic mass is 35.5. The van der Waals surface area contributed by atoms with Gasteiger partial charge in [0.2, 0.25) is 10.0 Å². The molecule has 2 aromatic rings. The topological polar surface area (TPSA) is 83.5 Å². The maximum atomic E-state index is 12.8. The highest BCUT2D eigenvalue weighted by Gasteiger charge is 2.22. The molecule has 2 N–H and O–H groups in total. The summed E-state index contributed by atoms with van der Waals surface area (Å²) >= 11 is 5.87. The summed E-state index contributed by atoms with van der Waals surface area (Å²) in [6, 6.07) is 12.9. The number of halogens is 1. The zero-order valence-electron chi connectivity index (χ0n) is 16.8. The summed E-state index contributed by atoms with van der Waals surface area (Å²) in [5, 5.41) is 9.82. The van der Waals surface area contributed by atoms with Gasteiger partial charge in [-0.1, -0.05) is 69.0 Å². The molecule has 2 atom stereocenters. The summed E-state index contributed by atoms with van der Waals surface area (Å²) in [7, 11) is -3.71. The Hall–Kier alpha value is -1.89. The van der Waals surface area contributed by atoms with Crippen LogP contribution in [0, 0.1) is 0 Å². The number of sulfonamides is 1. The molecule has 2 unspecified atom stereocenters. The van der Waals surface area contributed by atoms with Crippen LogP contribution in [0.15, 0.2) is 53.4 Å². The van der Waals surface area contributed by atoms with E-state index >= 15 is 0 Å². The van der Waals surface area contributed by atoms with E-state index in [-0.39, 0.29) is 10.9 Å². The van der Waals surface area contributed by atoms with Crippen LogP contribution in [-0.4, -0.2) is 19.5 Å². The molecule has 2 aromatic carbocycles. The van der Waals surface area contributed by atoms with Gasteiger partial charge in [-0.3, -0.25) is 4.79 Å². The lowest BCUT2D eigenvalue weighted by molar-refractivity contribution is -0.138. The average molecular weight is 438 g/mol. The highest BCUT2D eigenvalue weighted by molar-refractivity contribution is 7.89. The molecule has 0 aliphatic rings. The molecule has 0 fully saturated rings. The summed E-state index contributed by atoms with van der Waals surface area (Å²) in [6.07, 6.45) is 4.09.